The molecule has 3 rings (SSSR count). The predicted octanol–water partition coefficient (Wildman–Crippen LogP) is 4.34. The van der Waals surface area contributed by atoms with E-state index in [4.69, 9.17) is 16.9 Å². The summed E-state index contributed by atoms with van der Waals surface area (Å²) < 4.78 is 0. The minimum absolute atomic E-state index is 0.0595. The van der Waals surface area contributed by atoms with Crippen LogP contribution in [0.5, 0.6) is 0 Å². The number of carboxylic acid groups (broad SMARTS) is 1. The molecule has 2 aromatic rings. The molecule has 0 radical (unpaired) electrons. The zero-order valence-electron chi connectivity index (χ0n) is 14.2. The van der Waals surface area contributed by atoms with Crippen LogP contribution in [0, 0.1) is 11.3 Å². The Morgan fingerprint density at radius 1 is 1.23 bits per heavy atom. The van der Waals surface area contributed by atoms with Crippen molar-refractivity contribution in [3.63, 3.8) is 0 Å². The van der Waals surface area contributed by atoms with Gasteiger partial charge in [-0.15, -0.1) is 0 Å². The Morgan fingerprint density at radius 3 is 2.54 bits per heavy atom. The van der Waals surface area contributed by atoms with Crippen molar-refractivity contribution in [3.05, 3.63) is 58.6 Å². The fourth-order valence-corrected chi connectivity index (χ4v) is 3.77. The van der Waals surface area contributed by atoms with E-state index in [-0.39, 0.29) is 12.4 Å². The lowest BCUT2D eigenvalue weighted by Crippen LogP contribution is -2.50. The van der Waals surface area contributed by atoms with Crippen LogP contribution in [-0.2, 0) is 12.1 Å². The van der Waals surface area contributed by atoms with Crippen molar-refractivity contribution in [1.82, 2.24) is 14.9 Å². The number of benzene rings is 1. The van der Waals surface area contributed by atoms with Crippen LogP contribution in [0.4, 0.5) is 4.79 Å². The number of carbonyl (C=O) groups is 1. The maximum absolute atomic E-state index is 12.2. The van der Waals surface area contributed by atoms with Gasteiger partial charge >= 0.3 is 6.09 Å². The highest BCUT2D eigenvalue weighted by atomic mass is 35.5. The highest BCUT2D eigenvalue weighted by Crippen LogP contribution is 2.42. The van der Waals surface area contributed by atoms with E-state index < -0.39 is 11.6 Å². The zero-order valence-corrected chi connectivity index (χ0v) is 15.0. The summed E-state index contributed by atoms with van der Waals surface area (Å²) in [5, 5.41) is 19.7. The second-order valence-electron chi connectivity index (χ2n) is 6.46. The minimum Gasteiger partial charge on any atom is -0.465 e. The van der Waals surface area contributed by atoms with E-state index in [2.05, 4.69) is 9.97 Å². The molecule has 134 valence electrons. The van der Waals surface area contributed by atoms with Gasteiger partial charge in [0.25, 0.3) is 0 Å². The second-order valence-corrected chi connectivity index (χ2v) is 6.90. The summed E-state index contributed by atoms with van der Waals surface area (Å²) in [6.07, 6.45) is 4.76. The van der Waals surface area contributed by atoms with Gasteiger partial charge in [0, 0.05) is 17.8 Å². The summed E-state index contributed by atoms with van der Waals surface area (Å²) in [6, 6.07) is 10.8. The third-order valence-electron chi connectivity index (χ3n) is 4.91. The molecule has 26 heavy (non-hydrogen) atoms. The van der Waals surface area contributed by atoms with Crippen LogP contribution in [0.25, 0.3) is 0 Å². The van der Waals surface area contributed by atoms with Crippen molar-refractivity contribution in [1.29, 1.82) is 5.26 Å². The molecule has 1 saturated carbocycles. The average Bonchev–Trinajstić information content (AvgIpc) is 2.68. The van der Waals surface area contributed by atoms with Crippen LogP contribution < -0.4 is 0 Å². The first-order valence-corrected chi connectivity index (χ1v) is 8.91. The Bertz CT molecular complexity index is 826. The maximum atomic E-state index is 12.2. The number of halogens is 1. The van der Waals surface area contributed by atoms with Crippen molar-refractivity contribution in [3.8, 4) is 6.07 Å². The number of nitrogens with zero attached hydrogens (tertiary/aromatic N) is 4. The predicted molar refractivity (Wildman–Crippen MR) is 96.5 cm³/mol. The highest BCUT2D eigenvalue weighted by molar-refractivity contribution is 6.30. The number of rotatable bonds is 4. The highest BCUT2D eigenvalue weighted by Gasteiger charge is 2.43. The maximum Gasteiger partial charge on any atom is 0.408 e. The summed E-state index contributed by atoms with van der Waals surface area (Å²) in [7, 11) is 0. The first-order valence-electron chi connectivity index (χ1n) is 8.54. The van der Waals surface area contributed by atoms with E-state index >= 15 is 0 Å². The molecule has 1 fully saturated rings. The quantitative estimate of drug-likeness (QED) is 0.864. The van der Waals surface area contributed by atoms with Crippen LogP contribution in [-0.4, -0.2) is 26.1 Å². The summed E-state index contributed by atoms with van der Waals surface area (Å²) >= 11 is 5.94. The van der Waals surface area contributed by atoms with E-state index in [1.165, 1.54) is 11.1 Å². The van der Waals surface area contributed by atoms with Gasteiger partial charge in [-0.3, -0.25) is 4.90 Å². The molecule has 0 atom stereocenters. The van der Waals surface area contributed by atoms with Crippen LogP contribution in [0.1, 0.15) is 49.2 Å². The minimum atomic E-state index is -1.00. The topological polar surface area (TPSA) is 90.1 Å². The number of amides is 1. The number of hydrogen-bond donors (Lipinski definition) is 1. The van der Waals surface area contributed by atoms with Gasteiger partial charge in [0.15, 0.2) is 0 Å². The van der Waals surface area contributed by atoms with Crippen molar-refractivity contribution >= 4 is 17.7 Å². The summed E-state index contributed by atoms with van der Waals surface area (Å²) in [4.78, 5) is 21.9. The van der Waals surface area contributed by atoms with E-state index in [1.807, 2.05) is 18.2 Å². The van der Waals surface area contributed by atoms with Gasteiger partial charge in [0.05, 0.1) is 11.2 Å². The molecule has 0 bridgehead atoms. The Morgan fingerprint density at radius 2 is 1.92 bits per heavy atom. The molecular weight excluding hydrogens is 352 g/mol. The van der Waals surface area contributed by atoms with Gasteiger partial charge in [-0.25, -0.2) is 14.8 Å². The van der Waals surface area contributed by atoms with Crippen molar-refractivity contribution < 1.29 is 9.90 Å². The summed E-state index contributed by atoms with van der Waals surface area (Å²) in [6.45, 7) is 0.235. The largest absolute Gasteiger partial charge is 0.465 e. The first-order chi connectivity index (χ1) is 12.5. The number of hydrogen-bond acceptors (Lipinski definition) is 4. The van der Waals surface area contributed by atoms with Crippen LogP contribution in [0.3, 0.4) is 0 Å². The van der Waals surface area contributed by atoms with Gasteiger partial charge in [0.1, 0.15) is 6.07 Å². The van der Waals surface area contributed by atoms with Gasteiger partial charge in [-0.1, -0.05) is 43.0 Å². The van der Waals surface area contributed by atoms with Gasteiger partial charge in [0.2, 0.25) is 5.82 Å². The molecule has 7 heteroatoms. The van der Waals surface area contributed by atoms with Crippen LogP contribution >= 0.6 is 11.6 Å². The molecular formula is C19H19ClN4O2. The van der Waals surface area contributed by atoms with Crippen LogP contribution in [0.2, 0.25) is 5.02 Å². The monoisotopic (exact) mass is 370 g/mol. The van der Waals surface area contributed by atoms with Gasteiger partial charge < -0.3 is 5.11 Å². The van der Waals surface area contributed by atoms with Gasteiger partial charge in [-0.05, 0) is 36.6 Å². The molecule has 1 N–H and O–H groups in total. The van der Waals surface area contributed by atoms with E-state index in [1.54, 1.807) is 18.2 Å². The zero-order chi connectivity index (χ0) is 18.6. The molecule has 1 aliphatic rings. The van der Waals surface area contributed by atoms with Crippen molar-refractivity contribution in [2.45, 2.75) is 44.2 Å². The van der Waals surface area contributed by atoms with E-state index in [0.29, 0.717) is 23.6 Å². The van der Waals surface area contributed by atoms with E-state index in [0.717, 1.165) is 24.8 Å². The lowest BCUT2D eigenvalue weighted by Gasteiger charge is -2.44. The average molecular weight is 371 g/mol. The summed E-state index contributed by atoms with van der Waals surface area (Å²) in [5.41, 5.74) is 0.703. The number of aromatic nitrogens is 2. The third kappa shape index (κ3) is 3.63. The molecule has 6 nitrogen and oxygen atoms in total. The number of nitriles is 1. The molecule has 0 aliphatic heterocycles. The molecule has 1 aromatic carbocycles. The fourth-order valence-electron chi connectivity index (χ4n) is 3.65. The molecule has 1 aliphatic carbocycles. The fraction of sp³-hybridized carbons (Fsp3) is 0.368. The van der Waals surface area contributed by atoms with Crippen LogP contribution in [0.15, 0.2) is 36.5 Å². The summed E-state index contributed by atoms with van der Waals surface area (Å²) in [5.74, 6) is 0.0595. The lowest BCUT2D eigenvalue weighted by molar-refractivity contribution is 0.0384. The smallest absolute Gasteiger partial charge is 0.408 e. The molecule has 0 saturated heterocycles. The van der Waals surface area contributed by atoms with Crippen molar-refractivity contribution in [2.75, 3.05) is 0 Å². The Labute approximate surface area is 157 Å². The molecule has 0 unspecified atom stereocenters. The Kier molecular flexibility index (Phi) is 5.38. The molecule has 1 amide bonds. The normalized spacial score (nSPS) is 15.8. The molecule has 0 spiro atoms. The standard InChI is InChI=1S/C19H19ClN4O2/c20-15-6-4-14(5-7-15)13-24(18(25)26)19(9-2-1-3-10-19)16-8-11-22-17(12-21)23-16/h4-8,11H,1-3,9-10,13H2,(H,25,26). The molecule has 1 aromatic heterocycles. The molecule has 1 heterocycles. The first kappa shape index (κ1) is 18.2. The van der Waals surface area contributed by atoms with Gasteiger partial charge in [-0.2, -0.15) is 5.26 Å². The Hall–Kier alpha value is -2.65. The Balaban J connectivity index is 2.04. The third-order valence-corrected chi connectivity index (χ3v) is 5.17. The van der Waals surface area contributed by atoms with E-state index in [9.17, 15) is 9.90 Å². The SMILES string of the molecule is N#Cc1nccc(C2(N(Cc3ccc(Cl)cc3)C(=O)O)CCCCC2)n1. The lowest BCUT2D eigenvalue weighted by atomic mass is 9.77. The second kappa shape index (κ2) is 7.71. The van der Waals surface area contributed by atoms with Crippen molar-refractivity contribution in [2.24, 2.45) is 0 Å².